The van der Waals surface area contributed by atoms with Crippen molar-refractivity contribution < 1.29 is 5.11 Å². The van der Waals surface area contributed by atoms with E-state index in [1.165, 1.54) is 54.1 Å². The molecular weight excluding hydrogens is 342 g/mol. The van der Waals surface area contributed by atoms with Gasteiger partial charge in [0.15, 0.2) is 0 Å². The topological polar surface area (TPSA) is 32.3 Å². The number of fused-ring (bicyclic) bond motifs is 1. The molecular formula is C26H31NO. The molecule has 0 radical (unpaired) electrons. The Balaban J connectivity index is 1.75. The summed E-state index contributed by atoms with van der Waals surface area (Å²) in [5.74, 6) is 0.393. The maximum absolute atomic E-state index is 9.59. The fourth-order valence-electron chi connectivity index (χ4n) is 5.03. The van der Waals surface area contributed by atoms with Crippen LogP contribution < -0.4 is 5.32 Å². The smallest absolute Gasteiger partial charge is 0.0442 e. The number of aliphatic hydroxyl groups excluding tert-OH is 1. The minimum absolute atomic E-state index is 0.0528. The maximum Gasteiger partial charge on any atom is 0.0442 e. The van der Waals surface area contributed by atoms with Crippen molar-refractivity contribution in [2.45, 2.75) is 56.4 Å². The van der Waals surface area contributed by atoms with Crippen LogP contribution in [0, 0.1) is 0 Å². The van der Waals surface area contributed by atoms with Crippen LogP contribution in [-0.4, -0.2) is 17.3 Å². The lowest BCUT2D eigenvalue weighted by atomic mass is 9.68. The molecule has 28 heavy (non-hydrogen) atoms. The highest BCUT2D eigenvalue weighted by Gasteiger charge is 2.40. The number of nitrogens with one attached hydrogen (secondary N) is 1. The summed E-state index contributed by atoms with van der Waals surface area (Å²) in [4.78, 5) is 0. The van der Waals surface area contributed by atoms with E-state index in [1.54, 1.807) is 0 Å². The molecule has 0 aliphatic heterocycles. The maximum atomic E-state index is 9.59. The second kappa shape index (κ2) is 8.79. The summed E-state index contributed by atoms with van der Waals surface area (Å²) < 4.78 is 0. The molecule has 1 unspecified atom stereocenters. The van der Waals surface area contributed by atoms with Crippen LogP contribution in [0.3, 0.4) is 0 Å². The molecule has 2 nitrogen and oxygen atoms in total. The van der Waals surface area contributed by atoms with Gasteiger partial charge in [-0.15, -0.1) is 0 Å². The van der Waals surface area contributed by atoms with Crippen LogP contribution in [0.4, 0.5) is 5.69 Å². The van der Waals surface area contributed by atoms with Gasteiger partial charge in [-0.2, -0.15) is 0 Å². The Labute approximate surface area is 168 Å². The first-order valence-corrected chi connectivity index (χ1v) is 10.7. The Morgan fingerprint density at radius 1 is 0.821 bits per heavy atom. The van der Waals surface area contributed by atoms with E-state index >= 15 is 0 Å². The van der Waals surface area contributed by atoms with E-state index in [0.717, 1.165) is 12.8 Å². The second-order valence-corrected chi connectivity index (χ2v) is 8.23. The summed E-state index contributed by atoms with van der Waals surface area (Å²) in [7, 11) is 0. The first-order valence-electron chi connectivity index (χ1n) is 10.7. The molecule has 1 aliphatic rings. The zero-order valence-corrected chi connectivity index (χ0v) is 16.6. The Morgan fingerprint density at radius 2 is 1.54 bits per heavy atom. The van der Waals surface area contributed by atoms with Gasteiger partial charge in [-0.05, 0) is 54.2 Å². The lowest BCUT2D eigenvalue weighted by Gasteiger charge is -2.46. The Morgan fingerprint density at radius 3 is 2.29 bits per heavy atom. The van der Waals surface area contributed by atoms with Crippen molar-refractivity contribution in [3.8, 4) is 0 Å². The van der Waals surface area contributed by atoms with Crippen LogP contribution in [0.2, 0.25) is 0 Å². The highest BCUT2D eigenvalue weighted by Crippen LogP contribution is 2.45. The van der Waals surface area contributed by atoms with E-state index in [0.29, 0.717) is 5.92 Å². The zero-order chi connectivity index (χ0) is 19.2. The van der Waals surface area contributed by atoms with Crippen molar-refractivity contribution >= 4 is 16.5 Å². The van der Waals surface area contributed by atoms with E-state index in [1.807, 2.05) is 0 Å². The van der Waals surface area contributed by atoms with Gasteiger partial charge in [0.25, 0.3) is 0 Å². The number of hydrogen-bond donors (Lipinski definition) is 2. The normalized spacial score (nSPS) is 17.3. The molecule has 1 saturated carbocycles. The molecule has 0 aromatic heterocycles. The summed E-state index contributed by atoms with van der Waals surface area (Å²) in [6.07, 6.45) is 8.08. The third-order valence-corrected chi connectivity index (χ3v) is 6.41. The van der Waals surface area contributed by atoms with Gasteiger partial charge >= 0.3 is 0 Å². The molecule has 3 aromatic rings. The van der Waals surface area contributed by atoms with Crippen LogP contribution in [-0.2, 0) is 0 Å². The molecule has 0 bridgehead atoms. The van der Waals surface area contributed by atoms with Crippen LogP contribution in [0.25, 0.3) is 10.8 Å². The number of aliphatic hydroxyl groups is 1. The van der Waals surface area contributed by atoms with E-state index in [4.69, 9.17) is 0 Å². The Hall–Kier alpha value is -2.32. The molecule has 1 atom stereocenters. The van der Waals surface area contributed by atoms with Gasteiger partial charge in [0.05, 0.1) is 0 Å². The second-order valence-electron chi connectivity index (χ2n) is 8.23. The van der Waals surface area contributed by atoms with Crippen LogP contribution >= 0.6 is 0 Å². The number of rotatable bonds is 7. The average Bonchev–Trinajstić information content (AvgIpc) is 2.75. The molecule has 0 heterocycles. The third kappa shape index (κ3) is 4.07. The van der Waals surface area contributed by atoms with Crippen molar-refractivity contribution in [2.75, 3.05) is 11.9 Å². The van der Waals surface area contributed by atoms with Gasteiger partial charge < -0.3 is 10.4 Å². The van der Waals surface area contributed by atoms with E-state index in [-0.39, 0.29) is 12.1 Å². The summed E-state index contributed by atoms with van der Waals surface area (Å²) in [6.45, 7) is 0.255. The van der Waals surface area contributed by atoms with Gasteiger partial charge in [0.1, 0.15) is 0 Å². The highest BCUT2D eigenvalue weighted by atomic mass is 16.2. The molecule has 0 saturated heterocycles. The SMILES string of the molecule is OCCCC(c1ccc2ccccc2c1)C1(Nc2ccccc2)CCCCC1. The monoisotopic (exact) mass is 373 g/mol. The minimum Gasteiger partial charge on any atom is -0.396 e. The highest BCUT2D eigenvalue weighted by molar-refractivity contribution is 5.83. The number of para-hydroxylation sites is 1. The van der Waals surface area contributed by atoms with Crippen LogP contribution in [0.5, 0.6) is 0 Å². The molecule has 1 aliphatic carbocycles. The lowest BCUT2D eigenvalue weighted by Crippen LogP contribution is -2.46. The first kappa shape index (κ1) is 19.0. The van der Waals surface area contributed by atoms with Gasteiger partial charge in [0, 0.05) is 23.8 Å². The molecule has 146 valence electrons. The lowest BCUT2D eigenvalue weighted by molar-refractivity contribution is 0.234. The zero-order valence-electron chi connectivity index (χ0n) is 16.6. The molecule has 3 aromatic carbocycles. The van der Waals surface area contributed by atoms with Crippen molar-refractivity contribution in [3.63, 3.8) is 0 Å². The number of anilines is 1. The minimum atomic E-state index is 0.0528. The summed E-state index contributed by atoms with van der Waals surface area (Å²) in [5, 5.41) is 16.2. The van der Waals surface area contributed by atoms with Crippen molar-refractivity contribution in [1.82, 2.24) is 0 Å². The predicted molar refractivity (Wildman–Crippen MR) is 119 cm³/mol. The van der Waals surface area contributed by atoms with Crippen LogP contribution in [0.1, 0.15) is 56.4 Å². The van der Waals surface area contributed by atoms with Gasteiger partial charge in [-0.1, -0.05) is 79.9 Å². The number of benzene rings is 3. The van der Waals surface area contributed by atoms with Crippen molar-refractivity contribution in [1.29, 1.82) is 0 Å². The fourth-order valence-corrected chi connectivity index (χ4v) is 5.03. The molecule has 0 spiro atoms. The first-order chi connectivity index (χ1) is 13.8. The number of hydrogen-bond acceptors (Lipinski definition) is 2. The molecule has 4 rings (SSSR count). The fraction of sp³-hybridized carbons (Fsp3) is 0.385. The van der Waals surface area contributed by atoms with E-state index in [9.17, 15) is 5.11 Å². The largest absolute Gasteiger partial charge is 0.396 e. The quantitative estimate of drug-likeness (QED) is 0.495. The molecule has 2 N–H and O–H groups in total. The van der Waals surface area contributed by atoms with Crippen molar-refractivity contribution in [2.24, 2.45) is 0 Å². The summed E-state index contributed by atoms with van der Waals surface area (Å²) >= 11 is 0. The van der Waals surface area contributed by atoms with Gasteiger partial charge in [-0.25, -0.2) is 0 Å². The molecule has 2 heteroatoms. The van der Waals surface area contributed by atoms with Crippen molar-refractivity contribution in [3.05, 3.63) is 78.4 Å². The molecule has 0 amide bonds. The summed E-state index contributed by atoms with van der Waals surface area (Å²) in [5.41, 5.74) is 2.66. The van der Waals surface area contributed by atoms with Gasteiger partial charge in [-0.3, -0.25) is 0 Å². The van der Waals surface area contributed by atoms with Crippen LogP contribution in [0.15, 0.2) is 72.8 Å². The van der Waals surface area contributed by atoms with E-state index in [2.05, 4.69) is 78.1 Å². The molecule has 1 fully saturated rings. The third-order valence-electron chi connectivity index (χ3n) is 6.41. The van der Waals surface area contributed by atoms with Gasteiger partial charge in [0.2, 0.25) is 0 Å². The Bertz CT molecular complexity index is 883. The Kier molecular flexibility index (Phi) is 5.97. The summed E-state index contributed by atoms with van der Waals surface area (Å²) in [6, 6.07) is 26.2. The standard InChI is InChI=1S/C26H31NO/c28-19-9-14-25(23-16-15-21-10-5-6-11-22(21)20-23)26(17-7-2-8-18-26)27-24-12-3-1-4-13-24/h1,3-6,10-13,15-16,20,25,27-28H,2,7-9,14,17-19H2. The average molecular weight is 374 g/mol. The predicted octanol–water partition coefficient (Wildman–Crippen LogP) is 6.51. The van der Waals surface area contributed by atoms with E-state index < -0.39 is 0 Å².